The number of hydrogen-bond donors (Lipinski definition) is 1. The zero-order chi connectivity index (χ0) is 15.6. The van der Waals surface area contributed by atoms with Gasteiger partial charge in [-0.25, -0.2) is 12.8 Å². The third-order valence-corrected chi connectivity index (χ3v) is 5.23. The summed E-state index contributed by atoms with van der Waals surface area (Å²) in [6.45, 7) is 3.68. The minimum Gasteiger partial charge on any atom is -0.399 e. The van der Waals surface area contributed by atoms with Crippen LogP contribution < -0.4 is 10.0 Å². The molecule has 2 aromatic carbocycles. The second-order valence-electron chi connectivity index (χ2n) is 4.67. The number of nitrogens with zero attached hydrogens (tertiary/aromatic N) is 1. The number of halogens is 1. The molecule has 0 saturated heterocycles. The fraction of sp³-hybridized carbons (Fsp3) is 0.200. The zero-order valence-corrected chi connectivity index (χ0v) is 12.7. The molecule has 0 unspecified atom stereocenters. The molecule has 0 aromatic heterocycles. The molecule has 0 aliphatic carbocycles. The van der Waals surface area contributed by atoms with Gasteiger partial charge >= 0.3 is 0 Å². The van der Waals surface area contributed by atoms with Crippen molar-refractivity contribution in [3.63, 3.8) is 0 Å². The first kappa shape index (κ1) is 15.3. The summed E-state index contributed by atoms with van der Waals surface area (Å²) in [5.41, 5.74) is 7.11. The smallest absolute Gasteiger partial charge is 0.264 e. The molecule has 112 valence electrons. The van der Waals surface area contributed by atoms with Gasteiger partial charge in [-0.1, -0.05) is 6.07 Å². The molecule has 0 spiro atoms. The molecule has 0 aliphatic rings. The summed E-state index contributed by atoms with van der Waals surface area (Å²) in [4.78, 5) is 0.161. The molecule has 2 rings (SSSR count). The van der Waals surface area contributed by atoms with Crippen LogP contribution in [0.4, 0.5) is 15.8 Å². The van der Waals surface area contributed by atoms with E-state index in [1.54, 1.807) is 26.0 Å². The van der Waals surface area contributed by atoms with Gasteiger partial charge in [-0.2, -0.15) is 0 Å². The Balaban J connectivity index is 2.54. The maximum absolute atomic E-state index is 13.0. The summed E-state index contributed by atoms with van der Waals surface area (Å²) in [6.07, 6.45) is 0. The first-order valence-corrected chi connectivity index (χ1v) is 7.94. The van der Waals surface area contributed by atoms with Crippen LogP contribution in [0.3, 0.4) is 0 Å². The van der Waals surface area contributed by atoms with Gasteiger partial charge in [0.15, 0.2) is 0 Å². The summed E-state index contributed by atoms with van der Waals surface area (Å²) in [6, 6.07) is 10.1. The average molecular weight is 308 g/mol. The van der Waals surface area contributed by atoms with Crippen molar-refractivity contribution in [2.45, 2.75) is 18.7 Å². The Kier molecular flexibility index (Phi) is 4.18. The first-order chi connectivity index (χ1) is 9.86. The van der Waals surface area contributed by atoms with E-state index in [9.17, 15) is 12.8 Å². The molecule has 6 heteroatoms. The second-order valence-corrected chi connectivity index (χ2v) is 6.50. The SMILES string of the molecule is CCN(c1ccc(F)cc1)S(=O)(=O)c1cc(N)ccc1C. The standard InChI is InChI=1S/C15H17FN2O2S/c1-3-18(14-8-5-12(16)6-9-14)21(19,20)15-10-13(17)7-4-11(15)2/h4-10H,3,17H2,1-2H3. The number of sulfonamides is 1. The van der Waals surface area contributed by atoms with Gasteiger partial charge in [0.2, 0.25) is 0 Å². The number of benzene rings is 2. The van der Waals surface area contributed by atoms with Crippen LogP contribution in [0, 0.1) is 12.7 Å². The minimum absolute atomic E-state index is 0.161. The fourth-order valence-electron chi connectivity index (χ4n) is 2.11. The van der Waals surface area contributed by atoms with Crippen LogP contribution in [-0.2, 0) is 10.0 Å². The Labute approximate surface area is 124 Å². The number of anilines is 2. The summed E-state index contributed by atoms with van der Waals surface area (Å²) < 4.78 is 39.8. The second kappa shape index (κ2) is 5.73. The number of rotatable bonds is 4. The average Bonchev–Trinajstić information content (AvgIpc) is 2.44. The Bertz CT molecular complexity index is 743. The topological polar surface area (TPSA) is 63.4 Å². The van der Waals surface area contributed by atoms with Gasteiger partial charge in [-0.3, -0.25) is 4.31 Å². The molecule has 21 heavy (non-hydrogen) atoms. The lowest BCUT2D eigenvalue weighted by molar-refractivity contribution is 0.591. The predicted octanol–water partition coefficient (Wildman–Crippen LogP) is 2.93. The molecule has 4 nitrogen and oxygen atoms in total. The zero-order valence-electron chi connectivity index (χ0n) is 11.9. The van der Waals surface area contributed by atoms with Gasteiger partial charge in [0.05, 0.1) is 10.6 Å². The van der Waals surface area contributed by atoms with Crippen molar-refractivity contribution in [3.05, 3.63) is 53.8 Å². The molecule has 2 N–H and O–H groups in total. The van der Waals surface area contributed by atoms with Crippen molar-refractivity contribution >= 4 is 21.4 Å². The maximum Gasteiger partial charge on any atom is 0.264 e. The molecule has 2 aromatic rings. The lowest BCUT2D eigenvalue weighted by Gasteiger charge is -2.24. The molecule has 0 aliphatic heterocycles. The van der Waals surface area contributed by atoms with Gasteiger partial charge < -0.3 is 5.73 Å². The van der Waals surface area contributed by atoms with E-state index in [4.69, 9.17) is 5.73 Å². The van der Waals surface area contributed by atoms with Crippen LogP contribution in [0.15, 0.2) is 47.4 Å². The van der Waals surface area contributed by atoms with Crippen molar-refractivity contribution in [2.24, 2.45) is 0 Å². The normalized spacial score (nSPS) is 11.4. The monoisotopic (exact) mass is 308 g/mol. The van der Waals surface area contributed by atoms with Gasteiger partial charge in [0.1, 0.15) is 5.82 Å². The maximum atomic E-state index is 13.0. The van der Waals surface area contributed by atoms with Crippen LogP contribution in [0.1, 0.15) is 12.5 Å². The van der Waals surface area contributed by atoms with E-state index in [-0.39, 0.29) is 11.4 Å². The van der Waals surface area contributed by atoms with Crippen molar-refractivity contribution in [1.82, 2.24) is 0 Å². The summed E-state index contributed by atoms with van der Waals surface area (Å²) in [5.74, 6) is -0.410. The third-order valence-electron chi connectivity index (χ3n) is 3.18. The lowest BCUT2D eigenvalue weighted by atomic mass is 10.2. The van der Waals surface area contributed by atoms with Gasteiger partial charge in [0.25, 0.3) is 10.0 Å². The van der Waals surface area contributed by atoms with Gasteiger partial charge in [-0.05, 0) is 55.8 Å². The molecule has 0 saturated carbocycles. The summed E-state index contributed by atoms with van der Waals surface area (Å²) in [7, 11) is -3.74. The van der Waals surface area contributed by atoms with Crippen LogP contribution in [0.5, 0.6) is 0 Å². The van der Waals surface area contributed by atoms with E-state index in [1.807, 2.05) is 0 Å². The lowest BCUT2D eigenvalue weighted by Crippen LogP contribution is -2.31. The van der Waals surface area contributed by atoms with E-state index >= 15 is 0 Å². The highest BCUT2D eigenvalue weighted by molar-refractivity contribution is 7.92. The van der Waals surface area contributed by atoms with Gasteiger partial charge in [0, 0.05) is 12.2 Å². The Morgan fingerprint density at radius 2 is 1.76 bits per heavy atom. The van der Waals surface area contributed by atoms with E-state index in [0.717, 1.165) is 0 Å². The van der Waals surface area contributed by atoms with Crippen LogP contribution >= 0.6 is 0 Å². The Morgan fingerprint density at radius 1 is 1.14 bits per heavy atom. The van der Waals surface area contributed by atoms with Crippen LogP contribution in [0.25, 0.3) is 0 Å². The predicted molar refractivity (Wildman–Crippen MR) is 82.2 cm³/mol. The third kappa shape index (κ3) is 3.00. The van der Waals surface area contributed by atoms with E-state index in [2.05, 4.69) is 0 Å². The molecular weight excluding hydrogens is 291 g/mol. The quantitative estimate of drug-likeness (QED) is 0.883. The molecule has 0 amide bonds. The fourth-order valence-corrected chi connectivity index (χ4v) is 3.85. The highest BCUT2D eigenvalue weighted by Crippen LogP contribution is 2.27. The number of nitrogens with two attached hydrogens (primary N) is 1. The van der Waals surface area contributed by atoms with Crippen molar-refractivity contribution in [3.8, 4) is 0 Å². The summed E-state index contributed by atoms with van der Waals surface area (Å²) in [5, 5.41) is 0. The number of nitrogen functional groups attached to an aromatic ring is 1. The van der Waals surface area contributed by atoms with Crippen molar-refractivity contribution < 1.29 is 12.8 Å². The minimum atomic E-state index is -3.74. The summed E-state index contributed by atoms with van der Waals surface area (Å²) >= 11 is 0. The van der Waals surface area contributed by atoms with E-state index < -0.39 is 15.8 Å². The first-order valence-electron chi connectivity index (χ1n) is 6.50. The molecule has 0 atom stereocenters. The van der Waals surface area contributed by atoms with Crippen LogP contribution in [0.2, 0.25) is 0 Å². The van der Waals surface area contributed by atoms with Crippen molar-refractivity contribution in [2.75, 3.05) is 16.6 Å². The molecule has 0 bridgehead atoms. The Morgan fingerprint density at radius 3 is 2.33 bits per heavy atom. The van der Waals surface area contributed by atoms with E-state index in [1.165, 1.54) is 34.6 Å². The van der Waals surface area contributed by atoms with Crippen LogP contribution in [-0.4, -0.2) is 15.0 Å². The molecule has 0 radical (unpaired) electrons. The Hall–Kier alpha value is -2.08. The number of hydrogen-bond acceptors (Lipinski definition) is 3. The van der Waals surface area contributed by atoms with Gasteiger partial charge in [-0.15, -0.1) is 0 Å². The van der Waals surface area contributed by atoms with E-state index in [0.29, 0.717) is 16.9 Å². The molecule has 0 fully saturated rings. The highest BCUT2D eigenvalue weighted by atomic mass is 32.2. The largest absolute Gasteiger partial charge is 0.399 e. The number of aryl methyl sites for hydroxylation is 1. The highest BCUT2D eigenvalue weighted by Gasteiger charge is 2.25. The van der Waals surface area contributed by atoms with Crippen molar-refractivity contribution in [1.29, 1.82) is 0 Å². The molecule has 0 heterocycles. The molecular formula is C15H17FN2O2S.